The number of benzene rings is 12. The van der Waals surface area contributed by atoms with Gasteiger partial charge in [0.15, 0.2) is 5.82 Å². The average molecular weight is 901 g/mol. The van der Waals surface area contributed by atoms with Crippen LogP contribution in [0.5, 0.6) is 0 Å². The van der Waals surface area contributed by atoms with E-state index in [-0.39, 0.29) is 0 Å². The molecular formula is C69H44N2. The van der Waals surface area contributed by atoms with Crippen molar-refractivity contribution in [1.29, 1.82) is 0 Å². The quantitative estimate of drug-likeness (QED) is 0.118. The Bertz CT molecular complexity index is 4160. The molecule has 12 aromatic carbocycles. The van der Waals surface area contributed by atoms with Crippen LogP contribution in [0.4, 0.5) is 0 Å². The van der Waals surface area contributed by atoms with E-state index in [1.807, 2.05) is 6.07 Å². The van der Waals surface area contributed by atoms with E-state index < -0.39 is 5.41 Å². The van der Waals surface area contributed by atoms with Gasteiger partial charge in [0.25, 0.3) is 0 Å². The van der Waals surface area contributed by atoms with Crippen LogP contribution in [0.2, 0.25) is 0 Å². The third-order valence-corrected chi connectivity index (χ3v) is 14.9. The highest BCUT2D eigenvalue weighted by Gasteiger charge is 2.46. The highest BCUT2D eigenvalue weighted by molar-refractivity contribution is 6.28. The van der Waals surface area contributed by atoms with E-state index >= 15 is 0 Å². The molecule has 0 aliphatic heterocycles. The topological polar surface area (TPSA) is 25.8 Å². The van der Waals surface area contributed by atoms with Crippen molar-refractivity contribution in [3.05, 3.63) is 289 Å². The summed E-state index contributed by atoms with van der Waals surface area (Å²) in [5, 5.41) is 9.84. The van der Waals surface area contributed by atoms with Crippen LogP contribution in [-0.4, -0.2) is 9.97 Å². The van der Waals surface area contributed by atoms with Gasteiger partial charge in [-0.2, -0.15) is 0 Å². The molecule has 13 aromatic rings. The summed E-state index contributed by atoms with van der Waals surface area (Å²) in [7, 11) is 0. The fourth-order valence-corrected chi connectivity index (χ4v) is 11.8. The molecule has 0 saturated heterocycles. The van der Waals surface area contributed by atoms with Crippen molar-refractivity contribution in [2.75, 3.05) is 0 Å². The summed E-state index contributed by atoms with van der Waals surface area (Å²) in [5.74, 6) is 0.697. The number of nitrogens with zero attached hydrogens (tertiary/aromatic N) is 2. The van der Waals surface area contributed by atoms with Crippen molar-refractivity contribution >= 4 is 43.1 Å². The molecule has 0 spiro atoms. The van der Waals surface area contributed by atoms with Gasteiger partial charge >= 0.3 is 0 Å². The summed E-state index contributed by atoms with van der Waals surface area (Å²) >= 11 is 0. The van der Waals surface area contributed by atoms with Gasteiger partial charge in [-0.15, -0.1) is 0 Å². The number of rotatable bonds is 7. The van der Waals surface area contributed by atoms with Crippen LogP contribution in [0.1, 0.15) is 22.3 Å². The minimum Gasteiger partial charge on any atom is -0.228 e. The monoisotopic (exact) mass is 900 g/mol. The maximum absolute atomic E-state index is 5.33. The van der Waals surface area contributed by atoms with Gasteiger partial charge in [-0.1, -0.05) is 243 Å². The Kier molecular flexibility index (Phi) is 9.47. The minimum atomic E-state index is -0.469. The third-order valence-electron chi connectivity index (χ3n) is 14.9. The molecule has 0 bridgehead atoms. The van der Waals surface area contributed by atoms with E-state index in [0.717, 1.165) is 33.5 Å². The molecule has 2 nitrogen and oxygen atoms in total. The first kappa shape index (κ1) is 40.8. The van der Waals surface area contributed by atoms with Crippen molar-refractivity contribution < 1.29 is 0 Å². The summed E-state index contributed by atoms with van der Waals surface area (Å²) in [5.41, 5.74) is 16.8. The molecule has 330 valence electrons. The molecule has 0 atom stereocenters. The summed E-state index contributed by atoms with van der Waals surface area (Å²) < 4.78 is 0. The lowest BCUT2D eigenvalue weighted by Crippen LogP contribution is -2.28. The van der Waals surface area contributed by atoms with Gasteiger partial charge in [0.1, 0.15) is 0 Å². The van der Waals surface area contributed by atoms with Gasteiger partial charge < -0.3 is 0 Å². The average Bonchev–Trinajstić information content (AvgIpc) is 3.75. The first-order valence-corrected chi connectivity index (χ1v) is 24.5. The minimum absolute atomic E-state index is 0.469. The number of hydrogen-bond acceptors (Lipinski definition) is 2. The molecular weight excluding hydrogens is 857 g/mol. The maximum atomic E-state index is 5.33. The zero-order valence-corrected chi connectivity index (χ0v) is 38.8. The Morgan fingerprint density at radius 3 is 1.45 bits per heavy atom. The molecule has 1 aliphatic rings. The summed E-state index contributed by atoms with van der Waals surface area (Å²) in [6.45, 7) is 0. The van der Waals surface area contributed by atoms with Crippen molar-refractivity contribution in [2.45, 2.75) is 5.41 Å². The molecule has 1 aromatic heterocycles. The van der Waals surface area contributed by atoms with Gasteiger partial charge in [0.05, 0.1) is 16.8 Å². The third kappa shape index (κ3) is 6.49. The Morgan fingerprint density at radius 1 is 0.268 bits per heavy atom. The van der Waals surface area contributed by atoms with E-state index in [0.29, 0.717) is 5.82 Å². The van der Waals surface area contributed by atoms with Crippen LogP contribution >= 0.6 is 0 Å². The molecule has 71 heavy (non-hydrogen) atoms. The number of aromatic nitrogens is 2. The van der Waals surface area contributed by atoms with Crippen molar-refractivity contribution in [3.8, 4) is 67.3 Å². The normalized spacial score (nSPS) is 12.6. The molecule has 0 unspecified atom stereocenters. The second kappa shape index (κ2) is 16.5. The van der Waals surface area contributed by atoms with Gasteiger partial charge in [-0.05, 0) is 123 Å². The molecule has 0 fully saturated rings. The first-order chi connectivity index (χ1) is 35.2. The second-order valence-electron chi connectivity index (χ2n) is 18.8. The molecule has 2 heteroatoms. The largest absolute Gasteiger partial charge is 0.228 e. The number of hydrogen-bond donors (Lipinski definition) is 0. The maximum Gasteiger partial charge on any atom is 0.160 e. The van der Waals surface area contributed by atoms with E-state index in [4.69, 9.17) is 9.97 Å². The second-order valence-corrected chi connectivity index (χ2v) is 18.8. The van der Waals surface area contributed by atoms with Gasteiger partial charge in [-0.3, -0.25) is 0 Å². The van der Waals surface area contributed by atoms with Crippen LogP contribution in [0.3, 0.4) is 0 Å². The van der Waals surface area contributed by atoms with Crippen molar-refractivity contribution in [3.63, 3.8) is 0 Å². The Hall–Kier alpha value is -9.24. The van der Waals surface area contributed by atoms with Crippen LogP contribution in [0.15, 0.2) is 267 Å². The van der Waals surface area contributed by atoms with Crippen LogP contribution in [0.25, 0.3) is 110 Å². The van der Waals surface area contributed by atoms with Crippen molar-refractivity contribution in [1.82, 2.24) is 9.97 Å². The number of fused-ring (bicyclic) bond motifs is 8. The van der Waals surface area contributed by atoms with E-state index in [1.165, 1.54) is 93.3 Å². The SMILES string of the molecule is c1ccc(-c2nc(-c3ccc4c(c3)-c3ccccc3C4(c3ccccc3)c3ccccc3)cc(-c3ccc4cc(-c5c6ccccc6c(-c6ccccc6)c6ccc7ccccc7c56)ccc4c3)n2)cc1. The standard InChI is InChI=1S/C69H44N2/c1-5-20-46(21-6-1)65-57-30-15-16-31-58(57)66(67-55-28-14-13-19-45(55)37-39-59(65)67)52-36-34-48-41-50(35-33-49(48)42-52)63-44-64(71-68(70-63)47-22-7-2-8-23-47)51-38-40-62-60(43-51)56-29-17-18-32-61(56)69(62,53-24-9-3-10-25-53)54-26-11-4-12-27-54/h1-44H. The van der Waals surface area contributed by atoms with Crippen LogP contribution in [0, 0.1) is 0 Å². The fourth-order valence-electron chi connectivity index (χ4n) is 11.8. The molecule has 0 saturated carbocycles. The summed E-state index contributed by atoms with van der Waals surface area (Å²) in [6, 6.07) is 97.3. The van der Waals surface area contributed by atoms with E-state index in [1.54, 1.807) is 0 Å². The lowest BCUT2D eigenvalue weighted by molar-refractivity contribution is 0.768. The highest BCUT2D eigenvalue weighted by Crippen LogP contribution is 2.57. The fraction of sp³-hybridized carbons (Fsp3) is 0.0145. The first-order valence-electron chi connectivity index (χ1n) is 24.5. The Balaban J connectivity index is 0.924. The Morgan fingerprint density at radius 2 is 0.761 bits per heavy atom. The van der Waals surface area contributed by atoms with Gasteiger partial charge in [-0.25, -0.2) is 9.97 Å². The lowest BCUT2D eigenvalue weighted by Gasteiger charge is -2.33. The Labute approximate surface area is 412 Å². The predicted octanol–water partition coefficient (Wildman–Crippen LogP) is 17.8. The van der Waals surface area contributed by atoms with Gasteiger partial charge in [0, 0.05) is 16.7 Å². The zero-order chi connectivity index (χ0) is 46.9. The summed E-state index contributed by atoms with van der Waals surface area (Å²) in [4.78, 5) is 10.6. The van der Waals surface area contributed by atoms with Crippen LogP contribution < -0.4 is 0 Å². The highest BCUT2D eigenvalue weighted by atomic mass is 14.9. The summed E-state index contributed by atoms with van der Waals surface area (Å²) in [6.07, 6.45) is 0. The van der Waals surface area contributed by atoms with E-state index in [9.17, 15) is 0 Å². The van der Waals surface area contributed by atoms with E-state index in [2.05, 4.69) is 261 Å². The smallest absolute Gasteiger partial charge is 0.160 e. The lowest BCUT2D eigenvalue weighted by atomic mass is 9.67. The zero-order valence-electron chi connectivity index (χ0n) is 38.8. The molecule has 1 heterocycles. The molecule has 0 amide bonds. The molecule has 1 aliphatic carbocycles. The predicted molar refractivity (Wildman–Crippen MR) is 297 cm³/mol. The molecule has 0 N–H and O–H groups in total. The van der Waals surface area contributed by atoms with Crippen molar-refractivity contribution in [2.24, 2.45) is 0 Å². The molecule has 0 radical (unpaired) electrons. The van der Waals surface area contributed by atoms with Crippen LogP contribution in [-0.2, 0) is 5.41 Å². The molecule has 14 rings (SSSR count). The van der Waals surface area contributed by atoms with Gasteiger partial charge in [0.2, 0.25) is 0 Å².